The second-order valence-electron chi connectivity index (χ2n) is 3.40. The Bertz CT molecular complexity index is 448. The molecule has 0 bridgehead atoms. The number of hydrogen-bond acceptors (Lipinski definition) is 4. The van der Waals surface area contributed by atoms with Crippen LogP contribution in [0.25, 0.3) is 10.6 Å². The minimum absolute atomic E-state index is 0.833. The number of hydrogen-bond donors (Lipinski definition) is 1. The number of benzene rings is 1. The van der Waals surface area contributed by atoms with Gasteiger partial charge in [0.05, 0.1) is 5.69 Å². The van der Waals surface area contributed by atoms with Crippen molar-refractivity contribution in [2.45, 2.75) is 11.4 Å². The fourth-order valence-electron chi connectivity index (χ4n) is 1.44. The quantitative estimate of drug-likeness (QED) is 0.843. The predicted molar refractivity (Wildman–Crippen MR) is 72.1 cm³/mol. The Morgan fingerprint density at radius 3 is 2.69 bits per heavy atom. The number of nitrogens with one attached hydrogen (secondary N) is 1. The Hall–Kier alpha value is -0.840. The Balaban J connectivity index is 2.21. The molecule has 0 radical (unpaired) electrons. The van der Waals surface area contributed by atoms with Crippen LogP contribution in [0.15, 0.2) is 34.5 Å². The Morgan fingerprint density at radius 2 is 2.06 bits per heavy atom. The number of thiazole rings is 1. The molecule has 0 unspecified atom stereocenters. The van der Waals surface area contributed by atoms with Crippen molar-refractivity contribution in [2.24, 2.45) is 0 Å². The summed E-state index contributed by atoms with van der Waals surface area (Å²) in [6.45, 7) is 0.833. The highest BCUT2D eigenvalue weighted by atomic mass is 32.2. The van der Waals surface area contributed by atoms with Crippen LogP contribution in [-0.4, -0.2) is 18.3 Å². The van der Waals surface area contributed by atoms with Crippen molar-refractivity contribution in [2.75, 3.05) is 13.3 Å². The molecular formula is C12H14N2S2. The van der Waals surface area contributed by atoms with Gasteiger partial charge in [0.15, 0.2) is 0 Å². The van der Waals surface area contributed by atoms with Gasteiger partial charge in [-0.1, -0.05) is 12.1 Å². The first-order chi connectivity index (χ1) is 7.83. The highest BCUT2D eigenvalue weighted by Crippen LogP contribution is 2.25. The average Bonchev–Trinajstić information content (AvgIpc) is 2.78. The third kappa shape index (κ3) is 2.64. The first kappa shape index (κ1) is 11.6. The first-order valence-electron chi connectivity index (χ1n) is 5.07. The van der Waals surface area contributed by atoms with E-state index in [2.05, 4.69) is 46.2 Å². The molecule has 0 fully saturated rings. The van der Waals surface area contributed by atoms with Crippen LogP contribution in [0.4, 0.5) is 0 Å². The molecule has 2 aromatic rings. The lowest BCUT2D eigenvalue weighted by Crippen LogP contribution is -2.04. The standard InChI is InChI=1S/C12H14N2S2/c1-13-7-10-8-16-12(14-10)9-3-5-11(15-2)6-4-9/h3-6,8,13H,7H2,1-2H3. The zero-order valence-corrected chi connectivity index (χ0v) is 11.0. The van der Waals surface area contributed by atoms with E-state index in [9.17, 15) is 0 Å². The fourth-order valence-corrected chi connectivity index (χ4v) is 2.67. The van der Waals surface area contributed by atoms with Crippen molar-refractivity contribution in [3.05, 3.63) is 35.3 Å². The molecule has 84 valence electrons. The smallest absolute Gasteiger partial charge is 0.123 e. The van der Waals surface area contributed by atoms with Gasteiger partial charge < -0.3 is 5.32 Å². The van der Waals surface area contributed by atoms with Crippen LogP contribution in [0, 0.1) is 0 Å². The Kier molecular flexibility index (Phi) is 3.98. The van der Waals surface area contributed by atoms with Crippen molar-refractivity contribution in [3.8, 4) is 10.6 Å². The monoisotopic (exact) mass is 250 g/mol. The summed E-state index contributed by atoms with van der Waals surface area (Å²) in [4.78, 5) is 5.86. The van der Waals surface area contributed by atoms with Crippen LogP contribution in [0.1, 0.15) is 5.69 Å². The maximum Gasteiger partial charge on any atom is 0.123 e. The molecular weight excluding hydrogens is 236 g/mol. The van der Waals surface area contributed by atoms with Crippen LogP contribution >= 0.6 is 23.1 Å². The zero-order valence-electron chi connectivity index (χ0n) is 9.36. The van der Waals surface area contributed by atoms with Crippen LogP contribution < -0.4 is 5.32 Å². The molecule has 0 amide bonds. The van der Waals surface area contributed by atoms with E-state index in [0.29, 0.717) is 0 Å². The summed E-state index contributed by atoms with van der Waals surface area (Å²) in [6, 6.07) is 8.54. The Labute approximate surface area is 104 Å². The molecule has 2 rings (SSSR count). The lowest BCUT2D eigenvalue weighted by atomic mass is 10.2. The number of rotatable bonds is 4. The SMILES string of the molecule is CNCc1csc(-c2ccc(SC)cc2)n1. The normalized spacial score (nSPS) is 10.6. The van der Waals surface area contributed by atoms with Gasteiger partial charge in [0.1, 0.15) is 5.01 Å². The third-order valence-corrected chi connectivity index (χ3v) is 3.93. The zero-order chi connectivity index (χ0) is 11.4. The van der Waals surface area contributed by atoms with Crippen molar-refractivity contribution in [3.63, 3.8) is 0 Å². The maximum atomic E-state index is 4.57. The number of nitrogens with zero attached hydrogens (tertiary/aromatic N) is 1. The second kappa shape index (κ2) is 5.48. The highest BCUT2D eigenvalue weighted by Gasteiger charge is 2.03. The third-order valence-electron chi connectivity index (χ3n) is 2.25. The molecule has 1 aromatic heterocycles. The molecule has 0 atom stereocenters. The molecule has 1 aromatic carbocycles. The summed E-state index contributed by atoms with van der Waals surface area (Å²) >= 11 is 3.46. The number of thioether (sulfide) groups is 1. The number of aromatic nitrogens is 1. The minimum Gasteiger partial charge on any atom is -0.314 e. The molecule has 4 heteroatoms. The van der Waals surface area contributed by atoms with Crippen molar-refractivity contribution < 1.29 is 0 Å². The van der Waals surface area contributed by atoms with Crippen LogP contribution in [0.5, 0.6) is 0 Å². The van der Waals surface area contributed by atoms with Gasteiger partial charge in [-0.25, -0.2) is 4.98 Å². The van der Waals surface area contributed by atoms with E-state index in [-0.39, 0.29) is 0 Å². The Morgan fingerprint density at radius 1 is 1.31 bits per heavy atom. The molecule has 16 heavy (non-hydrogen) atoms. The van der Waals surface area contributed by atoms with Crippen molar-refractivity contribution in [1.82, 2.24) is 10.3 Å². The summed E-state index contributed by atoms with van der Waals surface area (Å²) < 4.78 is 0. The van der Waals surface area contributed by atoms with E-state index in [1.165, 1.54) is 10.5 Å². The molecule has 1 heterocycles. The van der Waals surface area contributed by atoms with Crippen LogP contribution in [-0.2, 0) is 6.54 Å². The molecule has 2 nitrogen and oxygen atoms in total. The van der Waals surface area contributed by atoms with E-state index in [1.54, 1.807) is 23.1 Å². The first-order valence-corrected chi connectivity index (χ1v) is 7.17. The topological polar surface area (TPSA) is 24.9 Å². The van der Waals surface area contributed by atoms with E-state index in [4.69, 9.17) is 0 Å². The average molecular weight is 250 g/mol. The second-order valence-corrected chi connectivity index (χ2v) is 5.14. The molecule has 0 aliphatic rings. The van der Waals surface area contributed by atoms with Crippen LogP contribution in [0.2, 0.25) is 0 Å². The van der Waals surface area contributed by atoms with Gasteiger partial charge in [-0.2, -0.15) is 0 Å². The van der Waals surface area contributed by atoms with E-state index >= 15 is 0 Å². The molecule has 0 aliphatic carbocycles. The van der Waals surface area contributed by atoms with Gasteiger partial charge in [0.2, 0.25) is 0 Å². The van der Waals surface area contributed by atoms with Gasteiger partial charge in [-0.05, 0) is 25.4 Å². The maximum absolute atomic E-state index is 4.57. The van der Waals surface area contributed by atoms with Gasteiger partial charge in [-0.15, -0.1) is 23.1 Å². The summed E-state index contributed by atoms with van der Waals surface area (Å²) in [6.07, 6.45) is 2.09. The summed E-state index contributed by atoms with van der Waals surface area (Å²) in [5.41, 5.74) is 2.31. The summed E-state index contributed by atoms with van der Waals surface area (Å²) in [7, 11) is 1.94. The predicted octanol–water partition coefficient (Wildman–Crippen LogP) is 3.25. The van der Waals surface area contributed by atoms with Gasteiger partial charge in [-0.3, -0.25) is 0 Å². The summed E-state index contributed by atoms with van der Waals surface area (Å²) in [5, 5.41) is 6.31. The van der Waals surface area contributed by atoms with Crippen LogP contribution in [0.3, 0.4) is 0 Å². The molecule has 0 aliphatic heterocycles. The minimum atomic E-state index is 0.833. The van der Waals surface area contributed by atoms with Gasteiger partial charge in [0, 0.05) is 22.4 Å². The fraction of sp³-hybridized carbons (Fsp3) is 0.250. The van der Waals surface area contributed by atoms with E-state index in [0.717, 1.165) is 17.2 Å². The molecule has 0 saturated heterocycles. The van der Waals surface area contributed by atoms with E-state index in [1.807, 2.05) is 7.05 Å². The van der Waals surface area contributed by atoms with Gasteiger partial charge >= 0.3 is 0 Å². The van der Waals surface area contributed by atoms with E-state index < -0.39 is 0 Å². The highest BCUT2D eigenvalue weighted by molar-refractivity contribution is 7.98. The van der Waals surface area contributed by atoms with Crippen molar-refractivity contribution >= 4 is 23.1 Å². The molecule has 0 saturated carbocycles. The largest absolute Gasteiger partial charge is 0.314 e. The molecule has 0 spiro atoms. The lowest BCUT2D eigenvalue weighted by Gasteiger charge is -1.98. The van der Waals surface area contributed by atoms with Crippen molar-refractivity contribution in [1.29, 1.82) is 0 Å². The summed E-state index contributed by atoms with van der Waals surface area (Å²) in [5.74, 6) is 0. The molecule has 1 N–H and O–H groups in total. The lowest BCUT2D eigenvalue weighted by molar-refractivity contribution is 0.798. The van der Waals surface area contributed by atoms with Gasteiger partial charge in [0.25, 0.3) is 0 Å².